The normalized spacial score (nSPS) is 32.7. The first-order valence-electron chi connectivity index (χ1n) is 11.5. The number of nitrogens with one attached hydrogen (secondary N) is 3. The summed E-state index contributed by atoms with van der Waals surface area (Å²) in [5.74, 6) is -1.53. The van der Waals surface area contributed by atoms with E-state index in [4.69, 9.17) is 10.5 Å². The highest BCUT2D eigenvalue weighted by Crippen LogP contribution is 2.36. The van der Waals surface area contributed by atoms with Crippen LogP contribution in [0.25, 0.3) is 0 Å². The Morgan fingerprint density at radius 3 is 2.88 bits per heavy atom. The number of hydrogen-bond donors (Lipinski definition) is 4. The number of carbonyl (C=O) groups is 1. The predicted molar refractivity (Wildman–Crippen MR) is 118 cm³/mol. The molecule has 1 aromatic heterocycles. The Hall–Kier alpha value is -1.96. The summed E-state index contributed by atoms with van der Waals surface area (Å²) >= 11 is 0. The van der Waals surface area contributed by atoms with Crippen molar-refractivity contribution in [3.05, 3.63) is 18.2 Å². The zero-order valence-electron chi connectivity index (χ0n) is 18.8. The molecule has 0 radical (unpaired) electrons. The molecule has 182 valence electrons. The number of hydrogen-bond acceptors (Lipinski definition) is 9. The van der Waals surface area contributed by atoms with Gasteiger partial charge in [-0.3, -0.25) is 15.1 Å². The van der Waals surface area contributed by atoms with Crippen molar-refractivity contribution >= 4 is 17.3 Å². The number of pyridine rings is 1. The van der Waals surface area contributed by atoms with Gasteiger partial charge >= 0.3 is 0 Å². The molecule has 5 N–H and O–H groups in total. The molecule has 0 aromatic carbocycles. The minimum Gasteiger partial charge on any atom is -0.372 e. The molecule has 0 saturated carbocycles. The molecular weight excluding hydrogens is 434 g/mol. The number of piperidine rings is 1. The van der Waals surface area contributed by atoms with E-state index in [0.717, 1.165) is 32.1 Å². The maximum Gasteiger partial charge on any atom is 0.233 e. The van der Waals surface area contributed by atoms with Gasteiger partial charge in [-0.15, -0.1) is 0 Å². The highest BCUT2D eigenvalue weighted by molar-refractivity contribution is 5.96. The van der Waals surface area contributed by atoms with Gasteiger partial charge in [0, 0.05) is 39.3 Å². The van der Waals surface area contributed by atoms with Crippen LogP contribution in [-0.4, -0.2) is 97.8 Å². The summed E-state index contributed by atoms with van der Waals surface area (Å²) in [6.45, 7) is 3.99. The summed E-state index contributed by atoms with van der Waals surface area (Å²) in [5, 5.41) is 7.50. The molecule has 4 fully saturated rings. The number of hydrazine groups is 1. The van der Waals surface area contributed by atoms with Crippen LogP contribution in [0.5, 0.6) is 0 Å². The van der Waals surface area contributed by atoms with Crippen molar-refractivity contribution in [2.24, 2.45) is 11.7 Å². The molecule has 1 amide bonds. The second kappa shape index (κ2) is 9.01. The highest BCUT2D eigenvalue weighted by Gasteiger charge is 2.47. The summed E-state index contributed by atoms with van der Waals surface area (Å²) in [6, 6.07) is 0. The fourth-order valence-electron chi connectivity index (χ4n) is 5.51. The smallest absolute Gasteiger partial charge is 0.233 e. The summed E-state index contributed by atoms with van der Waals surface area (Å²) in [4.78, 5) is 21.4. The van der Waals surface area contributed by atoms with Gasteiger partial charge in [0.2, 0.25) is 5.91 Å². The predicted octanol–water partition coefficient (Wildman–Crippen LogP) is -0.551. The number of nitrogens with zero attached hydrogens (tertiary/aromatic N) is 4. The van der Waals surface area contributed by atoms with Crippen molar-refractivity contribution in [1.29, 1.82) is 0 Å². The van der Waals surface area contributed by atoms with Crippen molar-refractivity contribution < 1.29 is 18.3 Å². The van der Waals surface area contributed by atoms with Crippen molar-refractivity contribution in [3.63, 3.8) is 0 Å². The topological polar surface area (TPSA) is 111 Å². The minimum absolute atomic E-state index is 0.148. The van der Waals surface area contributed by atoms with Gasteiger partial charge in [0.15, 0.2) is 5.82 Å². The first-order valence-corrected chi connectivity index (χ1v) is 11.5. The zero-order valence-corrected chi connectivity index (χ0v) is 18.8. The molecule has 1 aromatic rings. The van der Waals surface area contributed by atoms with E-state index >= 15 is 0 Å². The van der Waals surface area contributed by atoms with Gasteiger partial charge in [-0.1, -0.05) is 0 Å². The van der Waals surface area contributed by atoms with E-state index in [1.54, 1.807) is 5.01 Å². The first-order chi connectivity index (χ1) is 15.8. The summed E-state index contributed by atoms with van der Waals surface area (Å²) < 4.78 is 34.8. The Balaban J connectivity index is 1.30. The van der Waals surface area contributed by atoms with E-state index in [2.05, 4.69) is 33.0 Å². The fraction of sp³-hybridized carbons (Fsp3) is 0.714. The van der Waals surface area contributed by atoms with Crippen LogP contribution in [0.2, 0.25) is 0 Å². The van der Waals surface area contributed by atoms with Crippen LogP contribution in [0.1, 0.15) is 12.8 Å². The number of nitrogens with two attached hydrogens (primary N) is 1. The monoisotopic (exact) mass is 466 g/mol. The van der Waals surface area contributed by atoms with E-state index in [-0.39, 0.29) is 24.6 Å². The van der Waals surface area contributed by atoms with Crippen molar-refractivity contribution in [1.82, 2.24) is 25.6 Å². The second-order valence-electron chi connectivity index (χ2n) is 9.55. The maximum absolute atomic E-state index is 15.0. The first kappa shape index (κ1) is 22.8. The van der Waals surface area contributed by atoms with Gasteiger partial charge in [0.1, 0.15) is 11.9 Å². The number of morpholine rings is 1. The number of ether oxygens (including phenoxy) is 1. The van der Waals surface area contributed by atoms with Crippen LogP contribution in [0.3, 0.4) is 0 Å². The fourth-order valence-corrected chi connectivity index (χ4v) is 5.51. The lowest BCUT2D eigenvalue weighted by molar-refractivity contribution is -0.121. The Morgan fingerprint density at radius 1 is 1.33 bits per heavy atom. The van der Waals surface area contributed by atoms with Crippen LogP contribution in [0.15, 0.2) is 12.4 Å². The van der Waals surface area contributed by atoms with Crippen molar-refractivity contribution in [2.45, 2.75) is 36.9 Å². The van der Waals surface area contributed by atoms with Gasteiger partial charge in [0.05, 0.1) is 48.5 Å². The van der Waals surface area contributed by atoms with E-state index in [1.165, 1.54) is 6.20 Å². The standard InChI is InChI=1S/C21H32F2N8O2/c1-29-6-7-33-21(12-29)2-4-30(5-3-21)17-14(23)9-25-10-15(17)27-20(32)16-18(24)28-31-11-13(22)8-26-19(16)31/h9-10,13,16,18-19,26,28H,2-8,11-12,24H2,1H3,(H,27,32). The molecule has 0 bridgehead atoms. The van der Waals surface area contributed by atoms with E-state index < -0.39 is 30.2 Å². The highest BCUT2D eigenvalue weighted by atomic mass is 19.1. The van der Waals surface area contributed by atoms with Crippen LogP contribution in [0, 0.1) is 11.7 Å². The average molecular weight is 467 g/mol. The second-order valence-corrected chi connectivity index (χ2v) is 9.55. The summed E-state index contributed by atoms with van der Waals surface area (Å²) in [6.07, 6.45) is 2.00. The number of carbonyl (C=O) groups excluding carboxylic acids is 1. The van der Waals surface area contributed by atoms with Gasteiger partial charge < -0.3 is 25.6 Å². The minimum atomic E-state index is -1.04. The third kappa shape index (κ3) is 4.43. The molecular formula is C21H32F2N8O2. The Labute approximate surface area is 191 Å². The van der Waals surface area contributed by atoms with Crippen LogP contribution < -0.4 is 26.7 Å². The molecule has 5 rings (SSSR count). The molecule has 12 heteroatoms. The van der Waals surface area contributed by atoms with Gasteiger partial charge in [0.25, 0.3) is 0 Å². The molecule has 4 aliphatic heterocycles. The molecule has 0 aliphatic carbocycles. The molecule has 1 spiro atoms. The van der Waals surface area contributed by atoms with Gasteiger partial charge in [-0.25, -0.2) is 19.2 Å². The average Bonchev–Trinajstić information content (AvgIpc) is 3.09. The molecule has 10 nitrogen and oxygen atoms in total. The van der Waals surface area contributed by atoms with Gasteiger partial charge in [-0.05, 0) is 19.9 Å². The third-order valence-corrected chi connectivity index (χ3v) is 7.18. The maximum atomic E-state index is 15.0. The molecule has 33 heavy (non-hydrogen) atoms. The van der Waals surface area contributed by atoms with Gasteiger partial charge in [-0.2, -0.15) is 0 Å². The van der Waals surface area contributed by atoms with Crippen molar-refractivity contribution in [2.75, 3.05) is 63.1 Å². The lowest BCUT2D eigenvalue weighted by Gasteiger charge is -2.47. The van der Waals surface area contributed by atoms with Crippen LogP contribution >= 0.6 is 0 Å². The lowest BCUT2D eigenvalue weighted by atomic mass is 9.89. The molecule has 4 saturated heterocycles. The summed E-state index contributed by atoms with van der Waals surface area (Å²) in [5.41, 5.74) is 9.53. The molecule has 5 heterocycles. The Bertz CT molecular complexity index is 884. The zero-order chi connectivity index (χ0) is 23.2. The number of rotatable bonds is 3. The third-order valence-electron chi connectivity index (χ3n) is 7.18. The number of likely N-dealkylation sites (N-methyl/N-ethyl adjacent to an activating group) is 1. The largest absolute Gasteiger partial charge is 0.372 e. The van der Waals surface area contributed by atoms with Crippen molar-refractivity contribution in [3.8, 4) is 0 Å². The number of fused-ring (bicyclic) bond motifs is 1. The Morgan fingerprint density at radius 2 is 2.12 bits per heavy atom. The summed E-state index contributed by atoms with van der Waals surface area (Å²) in [7, 11) is 2.09. The number of alkyl halides is 1. The van der Waals surface area contributed by atoms with E-state index in [1.807, 2.05) is 4.90 Å². The number of halogens is 2. The lowest BCUT2D eigenvalue weighted by Crippen LogP contribution is -2.58. The quantitative estimate of drug-likeness (QED) is 0.466. The number of amides is 1. The SMILES string of the molecule is CN1CCOC2(CCN(c3c(F)cncc3NC(=O)C3C(N)NN4CC(F)CNC34)CC2)C1. The van der Waals surface area contributed by atoms with Crippen LogP contribution in [0.4, 0.5) is 20.2 Å². The molecule has 4 aliphatic rings. The van der Waals surface area contributed by atoms with Crippen LogP contribution in [-0.2, 0) is 9.53 Å². The van der Waals surface area contributed by atoms with E-state index in [9.17, 15) is 13.6 Å². The number of anilines is 2. The molecule has 4 unspecified atom stereocenters. The number of aromatic nitrogens is 1. The Kier molecular flexibility index (Phi) is 6.23. The van der Waals surface area contributed by atoms with E-state index in [0.29, 0.717) is 31.1 Å². The molecule has 4 atom stereocenters.